The second-order valence-electron chi connectivity index (χ2n) is 10.3. The van der Waals surface area contributed by atoms with E-state index in [1.54, 1.807) is 4.90 Å². The smallest absolute Gasteiger partial charge is 0.410 e. The van der Waals surface area contributed by atoms with Gasteiger partial charge in [0.05, 0.1) is 6.54 Å². The standard InChI is InChI=1S/C32H32N2O4/c1-32(2,3)38-31(35)34-19-25-15-10-16-26(28(25)20-34)27-17-18-29(36-21-23-11-6-4-7-12-23)33-30(27)37-22-24-13-8-5-9-14-24/h4-18H,19-22H2,1-3H3. The van der Waals surface area contributed by atoms with Crippen LogP contribution in [0.25, 0.3) is 11.1 Å². The molecule has 0 atom stereocenters. The van der Waals surface area contributed by atoms with Gasteiger partial charge in [0.15, 0.2) is 0 Å². The Labute approximate surface area is 223 Å². The van der Waals surface area contributed by atoms with Crippen molar-refractivity contribution in [2.75, 3.05) is 0 Å². The summed E-state index contributed by atoms with van der Waals surface area (Å²) in [7, 11) is 0. The predicted molar refractivity (Wildman–Crippen MR) is 147 cm³/mol. The molecule has 1 amide bonds. The molecule has 6 heteroatoms. The minimum Gasteiger partial charge on any atom is -0.473 e. The summed E-state index contributed by atoms with van der Waals surface area (Å²) in [6, 6.07) is 30.0. The quantitative estimate of drug-likeness (QED) is 0.265. The van der Waals surface area contributed by atoms with Gasteiger partial charge in [-0.05, 0) is 54.7 Å². The van der Waals surface area contributed by atoms with Gasteiger partial charge in [-0.3, -0.25) is 4.90 Å². The van der Waals surface area contributed by atoms with E-state index in [1.165, 1.54) is 0 Å². The Morgan fingerprint density at radius 2 is 1.42 bits per heavy atom. The zero-order chi connectivity index (χ0) is 26.5. The molecule has 0 N–H and O–H groups in total. The maximum Gasteiger partial charge on any atom is 0.410 e. The van der Waals surface area contributed by atoms with Gasteiger partial charge < -0.3 is 14.2 Å². The van der Waals surface area contributed by atoms with Crippen LogP contribution in [0.3, 0.4) is 0 Å². The number of amides is 1. The lowest BCUT2D eigenvalue weighted by molar-refractivity contribution is 0.0242. The first kappa shape index (κ1) is 25.3. The van der Waals surface area contributed by atoms with Crippen LogP contribution in [-0.4, -0.2) is 21.6 Å². The number of nitrogens with zero attached hydrogens (tertiary/aromatic N) is 2. The highest BCUT2D eigenvalue weighted by molar-refractivity contribution is 5.76. The topological polar surface area (TPSA) is 60.9 Å². The Hall–Kier alpha value is -4.32. The van der Waals surface area contributed by atoms with Crippen molar-refractivity contribution < 1.29 is 19.0 Å². The number of carbonyl (C=O) groups is 1. The molecule has 0 spiro atoms. The van der Waals surface area contributed by atoms with E-state index in [2.05, 4.69) is 6.07 Å². The van der Waals surface area contributed by atoms with Crippen LogP contribution >= 0.6 is 0 Å². The van der Waals surface area contributed by atoms with E-state index >= 15 is 0 Å². The summed E-state index contributed by atoms with van der Waals surface area (Å²) in [6.45, 7) is 7.39. The second-order valence-corrected chi connectivity index (χ2v) is 10.3. The lowest BCUT2D eigenvalue weighted by atomic mass is 9.98. The molecule has 0 saturated carbocycles. The molecule has 0 saturated heterocycles. The van der Waals surface area contributed by atoms with Crippen LogP contribution in [0.15, 0.2) is 91.0 Å². The van der Waals surface area contributed by atoms with Crippen molar-refractivity contribution >= 4 is 6.09 Å². The molecule has 194 valence electrons. The average Bonchev–Trinajstić information content (AvgIpc) is 3.36. The van der Waals surface area contributed by atoms with Gasteiger partial charge in [0, 0.05) is 18.2 Å². The van der Waals surface area contributed by atoms with Crippen LogP contribution in [0.5, 0.6) is 11.8 Å². The van der Waals surface area contributed by atoms with Crippen molar-refractivity contribution in [2.45, 2.75) is 52.7 Å². The molecule has 0 unspecified atom stereocenters. The van der Waals surface area contributed by atoms with Crippen LogP contribution < -0.4 is 9.47 Å². The highest BCUT2D eigenvalue weighted by Gasteiger charge is 2.30. The van der Waals surface area contributed by atoms with Crippen LogP contribution in [0, 0.1) is 0 Å². The summed E-state index contributed by atoms with van der Waals surface area (Å²) < 4.78 is 17.9. The number of benzene rings is 3. The van der Waals surface area contributed by atoms with E-state index in [9.17, 15) is 4.79 Å². The SMILES string of the molecule is CC(C)(C)OC(=O)N1Cc2cccc(-c3ccc(OCc4ccccc4)nc3OCc3ccccc3)c2C1. The van der Waals surface area contributed by atoms with Gasteiger partial charge in [0.2, 0.25) is 11.8 Å². The molecular formula is C32H32N2O4. The summed E-state index contributed by atoms with van der Waals surface area (Å²) in [5.74, 6) is 0.979. The number of rotatable bonds is 7. The maximum absolute atomic E-state index is 12.8. The summed E-state index contributed by atoms with van der Waals surface area (Å²) in [5.41, 5.74) is 5.56. The van der Waals surface area contributed by atoms with E-state index in [0.29, 0.717) is 38.1 Å². The van der Waals surface area contributed by atoms with E-state index in [1.807, 2.05) is 106 Å². The summed E-state index contributed by atoms with van der Waals surface area (Å²) >= 11 is 0. The fourth-order valence-electron chi connectivity index (χ4n) is 4.41. The lowest BCUT2D eigenvalue weighted by Crippen LogP contribution is -2.33. The van der Waals surface area contributed by atoms with Crippen molar-refractivity contribution in [3.05, 3.63) is 113 Å². The van der Waals surface area contributed by atoms with Crippen LogP contribution in [-0.2, 0) is 31.0 Å². The first-order valence-corrected chi connectivity index (χ1v) is 12.8. The molecule has 0 fully saturated rings. The number of fused-ring (bicyclic) bond motifs is 1. The molecule has 1 aliphatic rings. The molecule has 0 bridgehead atoms. The van der Waals surface area contributed by atoms with Crippen LogP contribution in [0.1, 0.15) is 43.0 Å². The van der Waals surface area contributed by atoms with Crippen molar-refractivity contribution in [1.29, 1.82) is 0 Å². The Morgan fingerprint density at radius 3 is 2.08 bits per heavy atom. The molecule has 0 aliphatic carbocycles. The van der Waals surface area contributed by atoms with Crippen molar-refractivity contribution in [3.63, 3.8) is 0 Å². The van der Waals surface area contributed by atoms with Gasteiger partial charge in [0.1, 0.15) is 18.8 Å². The molecule has 5 rings (SSSR count). The Bertz CT molecular complexity index is 1400. The van der Waals surface area contributed by atoms with Gasteiger partial charge in [-0.15, -0.1) is 0 Å². The maximum atomic E-state index is 12.8. The lowest BCUT2D eigenvalue weighted by Gasteiger charge is -2.24. The van der Waals surface area contributed by atoms with Gasteiger partial charge in [-0.2, -0.15) is 4.98 Å². The van der Waals surface area contributed by atoms with Gasteiger partial charge in [-0.25, -0.2) is 4.79 Å². The van der Waals surface area contributed by atoms with E-state index < -0.39 is 5.60 Å². The first-order chi connectivity index (χ1) is 18.4. The molecular weight excluding hydrogens is 476 g/mol. The highest BCUT2D eigenvalue weighted by Crippen LogP contribution is 2.38. The molecule has 38 heavy (non-hydrogen) atoms. The number of ether oxygens (including phenoxy) is 3. The molecule has 3 aromatic carbocycles. The van der Waals surface area contributed by atoms with E-state index in [4.69, 9.17) is 19.2 Å². The highest BCUT2D eigenvalue weighted by atomic mass is 16.6. The predicted octanol–water partition coefficient (Wildman–Crippen LogP) is 7.16. The molecule has 2 heterocycles. The summed E-state index contributed by atoms with van der Waals surface area (Å²) in [6.07, 6.45) is -0.317. The molecule has 6 nitrogen and oxygen atoms in total. The van der Waals surface area contributed by atoms with Crippen molar-refractivity contribution in [1.82, 2.24) is 9.88 Å². The molecule has 4 aromatic rings. The zero-order valence-electron chi connectivity index (χ0n) is 22.0. The van der Waals surface area contributed by atoms with Crippen LogP contribution in [0.2, 0.25) is 0 Å². The van der Waals surface area contributed by atoms with Gasteiger partial charge in [-0.1, -0.05) is 78.9 Å². The summed E-state index contributed by atoms with van der Waals surface area (Å²) in [4.78, 5) is 19.3. The monoisotopic (exact) mass is 508 g/mol. The number of hydrogen-bond donors (Lipinski definition) is 0. The normalized spacial score (nSPS) is 12.7. The minimum atomic E-state index is -0.549. The number of carbonyl (C=O) groups excluding carboxylic acids is 1. The fourth-order valence-corrected chi connectivity index (χ4v) is 4.41. The van der Waals surface area contributed by atoms with E-state index in [-0.39, 0.29) is 6.09 Å². The average molecular weight is 509 g/mol. The first-order valence-electron chi connectivity index (χ1n) is 12.8. The molecule has 1 aliphatic heterocycles. The third-order valence-corrected chi connectivity index (χ3v) is 6.21. The Kier molecular flexibility index (Phi) is 7.31. The Balaban J connectivity index is 1.43. The number of aromatic nitrogens is 1. The second kappa shape index (κ2) is 11.0. The van der Waals surface area contributed by atoms with Gasteiger partial charge >= 0.3 is 6.09 Å². The molecule has 0 radical (unpaired) electrons. The van der Waals surface area contributed by atoms with Crippen LogP contribution in [0.4, 0.5) is 4.79 Å². The molecule has 1 aromatic heterocycles. The van der Waals surface area contributed by atoms with Gasteiger partial charge in [0.25, 0.3) is 0 Å². The minimum absolute atomic E-state index is 0.317. The number of hydrogen-bond acceptors (Lipinski definition) is 5. The van der Waals surface area contributed by atoms with Crippen molar-refractivity contribution in [2.24, 2.45) is 0 Å². The third kappa shape index (κ3) is 6.14. The summed E-state index contributed by atoms with van der Waals surface area (Å²) in [5, 5.41) is 0. The van der Waals surface area contributed by atoms with Crippen molar-refractivity contribution in [3.8, 4) is 22.9 Å². The Morgan fingerprint density at radius 1 is 0.763 bits per heavy atom. The fraction of sp³-hybridized carbons (Fsp3) is 0.250. The largest absolute Gasteiger partial charge is 0.473 e. The van der Waals surface area contributed by atoms with E-state index in [0.717, 1.165) is 33.4 Å². The zero-order valence-corrected chi connectivity index (χ0v) is 22.0. The third-order valence-electron chi connectivity index (χ3n) is 6.21. The number of pyridine rings is 1.